The van der Waals surface area contributed by atoms with Crippen LogP contribution in [0.5, 0.6) is 0 Å². The second-order valence-corrected chi connectivity index (χ2v) is 6.72. The Labute approximate surface area is 102 Å². The van der Waals surface area contributed by atoms with E-state index in [4.69, 9.17) is 5.11 Å². The minimum Gasteiger partial charge on any atom is -0.480 e. The summed E-state index contributed by atoms with van der Waals surface area (Å²) in [6.45, 7) is 5.15. The molecule has 1 aliphatic heterocycles. The number of piperazine rings is 1. The molecule has 1 fully saturated rings. The van der Waals surface area contributed by atoms with Crippen LogP contribution < -0.4 is 0 Å². The first-order chi connectivity index (χ1) is 7.93. The van der Waals surface area contributed by atoms with E-state index in [1.807, 2.05) is 4.90 Å². The quantitative estimate of drug-likeness (QED) is 0.671. The van der Waals surface area contributed by atoms with Crippen molar-refractivity contribution >= 4 is 15.8 Å². The van der Waals surface area contributed by atoms with Crippen molar-refractivity contribution in [2.24, 2.45) is 0 Å². The van der Waals surface area contributed by atoms with Gasteiger partial charge in [-0.1, -0.05) is 6.92 Å². The van der Waals surface area contributed by atoms with E-state index in [1.54, 1.807) is 6.92 Å². The highest BCUT2D eigenvalue weighted by Crippen LogP contribution is 2.02. The highest BCUT2D eigenvalue weighted by molar-refractivity contribution is 7.91. The van der Waals surface area contributed by atoms with Gasteiger partial charge >= 0.3 is 5.97 Å². The minimum absolute atomic E-state index is 0.0705. The van der Waals surface area contributed by atoms with Crippen LogP contribution in [0.25, 0.3) is 0 Å². The minimum atomic E-state index is -2.90. The van der Waals surface area contributed by atoms with Gasteiger partial charge in [0.15, 0.2) is 9.84 Å². The van der Waals surface area contributed by atoms with Crippen molar-refractivity contribution in [2.75, 3.05) is 50.8 Å². The second kappa shape index (κ2) is 6.32. The molecule has 7 heteroatoms. The van der Waals surface area contributed by atoms with Crippen LogP contribution in [0.2, 0.25) is 0 Å². The Morgan fingerprint density at radius 2 is 1.71 bits per heavy atom. The zero-order valence-corrected chi connectivity index (χ0v) is 10.9. The number of aliphatic carboxylic acids is 1. The van der Waals surface area contributed by atoms with Gasteiger partial charge in [0, 0.05) is 38.5 Å². The van der Waals surface area contributed by atoms with Crippen LogP contribution in [0, 0.1) is 0 Å². The predicted octanol–water partition coefficient (Wildman–Crippen LogP) is -0.877. The SMILES string of the molecule is CCS(=O)(=O)CCN1CCN(CC(=O)O)CC1. The maximum Gasteiger partial charge on any atom is 0.317 e. The third-order valence-electron chi connectivity index (χ3n) is 2.98. The van der Waals surface area contributed by atoms with E-state index in [2.05, 4.69) is 4.90 Å². The Morgan fingerprint density at radius 3 is 2.18 bits per heavy atom. The lowest BCUT2D eigenvalue weighted by atomic mass is 10.3. The van der Waals surface area contributed by atoms with Crippen molar-refractivity contribution in [3.8, 4) is 0 Å². The van der Waals surface area contributed by atoms with Gasteiger partial charge in [-0.25, -0.2) is 8.42 Å². The molecular formula is C10H20N2O4S. The number of sulfone groups is 1. The van der Waals surface area contributed by atoms with E-state index in [9.17, 15) is 13.2 Å². The van der Waals surface area contributed by atoms with E-state index in [0.29, 0.717) is 19.6 Å². The first-order valence-corrected chi connectivity index (χ1v) is 7.62. The molecule has 1 aliphatic rings. The van der Waals surface area contributed by atoms with Gasteiger partial charge in [0.25, 0.3) is 0 Å². The molecule has 0 unspecified atom stereocenters. The van der Waals surface area contributed by atoms with Gasteiger partial charge in [0.2, 0.25) is 0 Å². The average Bonchev–Trinajstić information content (AvgIpc) is 2.28. The number of carboxylic acids is 1. The number of carbonyl (C=O) groups is 1. The Balaban J connectivity index is 2.26. The van der Waals surface area contributed by atoms with E-state index in [0.717, 1.165) is 13.1 Å². The maximum absolute atomic E-state index is 11.3. The van der Waals surface area contributed by atoms with Crippen LogP contribution >= 0.6 is 0 Å². The fourth-order valence-electron chi connectivity index (χ4n) is 1.77. The Kier molecular flexibility index (Phi) is 5.35. The summed E-state index contributed by atoms with van der Waals surface area (Å²) in [6.07, 6.45) is 0. The van der Waals surface area contributed by atoms with Gasteiger partial charge in [-0.05, 0) is 0 Å². The van der Waals surface area contributed by atoms with Crippen molar-refractivity contribution in [1.82, 2.24) is 9.80 Å². The molecule has 1 saturated heterocycles. The monoisotopic (exact) mass is 264 g/mol. The molecule has 0 saturated carbocycles. The Hall–Kier alpha value is -0.660. The summed E-state index contributed by atoms with van der Waals surface area (Å²) in [5.41, 5.74) is 0. The molecule has 0 aliphatic carbocycles. The van der Waals surface area contributed by atoms with Gasteiger partial charge in [-0.2, -0.15) is 0 Å². The van der Waals surface area contributed by atoms with Gasteiger partial charge in [-0.3, -0.25) is 14.6 Å². The smallest absolute Gasteiger partial charge is 0.317 e. The van der Waals surface area contributed by atoms with Gasteiger partial charge < -0.3 is 5.11 Å². The van der Waals surface area contributed by atoms with Gasteiger partial charge in [-0.15, -0.1) is 0 Å². The Morgan fingerprint density at radius 1 is 1.18 bits per heavy atom. The number of nitrogens with zero attached hydrogens (tertiary/aromatic N) is 2. The summed E-state index contributed by atoms with van der Waals surface area (Å²) >= 11 is 0. The molecule has 0 aromatic carbocycles. The van der Waals surface area contributed by atoms with Crippen LogP contribution in [0.1, 0.15) is 6.92 Å². The first kappa shape index (κ1) is 14.4. The number of hydrogen-bond donors (Lipinski definition) is 1. The second-order valence-electron chi connectivity index (χ2n) is 4.25. The van der Waals surface area contributed by atoms with Gasteiger partial charge in [0.05, 0.1) is 12.3 Å². The van der Waals surface area contributed by atoms with Crippen molar-refractivity contribution in [2.45, 2.75) is 6.92 Å². The van der Waals surface area contributed by atoms with E-state index < -0.39 is 15.8 Å². The van der Waals surface area contributed by atoms with Crippen molar-refractivity contribution in [1.29, 1.82) is 0 Å². The normalized spacial score (nSPS) is 19.4. The zero-order chi connectivity index (χ0) is 12.9. The standard InChI is InChI=1S/C10H20N2O4S/c1-2-17(15,16)8-7-11-3-5-12(6-4-11)9-10(13)14/h2-9H2,1H3,(H,13,14). The molecule has 0 amide bonds. The first-order valence-electron chi connectivity index (χ1n) is 5.80. The van der Waals surface area contributed by atoms with Crippen LogP contribution in [0.3, 0.4) is 0 Å². The fourth-order valence-corrected chi connectivity index (χ4v) is 2.60. The summed E-state index contributed by atoms with van der Waals surface area (Å²) in [5, 5.41) is 8.64. The molecule has 1 N–H and O–H groups in total. The van der Waals surface area contributed by atoms with Gasteiger partial charge in [0.1, 0.15) is 0 Å². The largest absolute Gasteiger partial charge is 0.480 e. The Bertz CT molecular complexity index is 347. The number of hydrogen-bond acceptors (Lipinski definition) is 5. The van der Waals surface area contributed by atoms with E-state index >= 15 is 0 Å². The molecule has 1 rings (SSSR count). The highest BCUT2D eigenvalue weighted by Gasteiger charge is 2.19. The van der Waals surface area contributed by atoms with Crippen molar-refractivity contribution in [3.05, 3.63) is 0 Å². The predicted molar refractivity (Wildman–Crippen MR) is 64.8 cm³/mol. The number of rotatable bonds is 6. The molecule has 0 radical (unpaired) electrons. The molecule has 0 atom stereocenters. The van der Waals surface area contributed by atoms with E-state index in [1.165, 1.54) is 0 Å². The van der Waals surface area contributed by atoms with Crippen LogP contribution in [-0.4, -0.2) is 80.1 Å². The van der Waals surface area contributed by atoms with Crippen molar-refractivity contribution < 1.29 is 18.3 Å². The molecule has 1 heterocycles. The molecule has 6 nitrogen and oxygen atoms in total. The summed E-state index contributed by atoms with van der Waals surface area (Å²) in [4.78, 5) is 14.5. The fraction of sp³-hybridized carbons (Fsp3) is 0.900. The third kappa shape index (κ3) is 5.47. The summed E-state index contributed by atoms with van der Waals surface area (Å²) < 4.78 is 22.7. The molecule has 0 aromatic rings. The summed E-state index contributed by atoms with van der Waals surface area (Å²) in [6, 6.07) is 0. The van der Waals surface area contributed by atoms with Crippen molar-refractivity contribution in [3.63, 3.8) is 0 Å². The third-order valence-corrected chi connectivity index (χ3v) is 4.67. The zero-order valence-electron chi connectivity index (χ0n) is 10.1. The lowest BCUT2D eigenvalue weighted by Gasteiger charge is -2.33. The molecule has 17 heavy (non-hydrogen) atoms. The van der Waals surface area contributed by atoms with Crippen LogP contribution in [0.15, 0.2) is 0 Å². The molecule has 0 aromatic heterocycles. The molecule has 0 spiro atoms. The van der Waals surface area contributed by atoms with Crippen LogP contribution in [0.4, 0.5) is 0 Å². The maximum atomic E-state index is 11.3. The highest BCUT2D eigenvalue weighted by atomic mass is 32.2. The summed E-state index contributed by atoms with van der Waals surface area (Å²) in [5.74, 6) is -0.430. The molecule has 0 bridgehead atoms. The van der Waals surface area contributed by atoms with E-state index in [-0.39, 0.29) is 18.1 Å². The summed E-state index contributed by atoms with van der Waals surface area (Å²) in [7, 11) is -2.90. The lowest BCUT2D eigenvalue weighted by molar-refractivity contribution is -0.138. The van der Waals surface area contributed by atoms with Crippen LogP contribution in [-0.2, 0) is 14.6 Å². The molecule has 100 valence electrons. The average molecular weight is 264 g/mol. The topological polar surface area (TPSA) is 77.9 Å². The molecular weight excluding hydrogens is 244 g/mol. The number of carboxylic acid groups (broad SMARTS) is 1. The lowest BCUT2D eigenvalue weighted by Crippen LogP contribution is -2.48.